The SMILES string of the molecule is CC[C@@H](CNC(=O)[C@@H](C)Sc1nnc(Nc2ccccc2)s1)c1ccccc1. The Morgan fingerprint density at radius 2 is 1.75 bits per heavy atom. The maximum atomic E-state index is 12.5. The molecule has 7 heteroatoms. The molecule has 0 spiro atoms. The molecule has 2 atom stereocenters. The van der Waals surface area contributed by atoms with Crippen molar-refractivity contribution in [3.8, 4) is 0 Å². The van der Waals surface area contributed by atoms with Crippen LogP contribution in [-0.2, 0) is 4.79 Å². The molecule has 1 heterocycles. The third-order valence-electron chi connectivity index (χ3n) is 4.36. The average molecular weight is 413 g/mol. The van der Waals surface area contributed by atoms with Crippen LogP contribution in [0.15, 0.2) is 65.0 Å². The predicted molar refractivity (Wildman–Crippen MR) is 117 cm³/mol. The number of hydrogen-bond donors (Lipinski definition) is 2. The summed E-state index contributed by atoms with van der Waals surface area (Å²) < 4.78 is 0.774. The van der Waals surface area contributed by atoms with Gasteiger partial charge in [-0.25, -0.2) is 0 Å². The summed E-state index contributed by atoms with van der Waals surface area (Å²) in [7, 11) is 0. The number of anilines is 2. The minimum absolute atomic E-state index is 0.0205. The highest BCUT2D eigenvalue weighted by Gasteiger charge is 2.18. The average Bonchev–Trinajstić information content (AvgIpc) is 3.16. The van der Waals surface area contributed by atoms with Crippen LogP contribution in [0.4, 0.5) is 10.8 Å². The summed E-state index contributed by atoms with van der Waals surface area (Å²) in [6.07, 6.45) is 0.983. The third kappa shape index (κ3) is 5.81. The van der Waals surface area contributed by atoms with E-state index in [1.54, 1.807) is 0 Å². The zero-order chi connectivity index (χ0) is 19.8. The maximum absolute atomic E-state index is 12.5. The number of amides is 1. The van der Waals surface area contributed by atoms with Crippen LogP contribution >= 0.6 is 23.1 Å². The fraction of sp³-hybridized carbons (Fsp3) is 0.286. The second-order valence-electron chi connectivity index (χ2n) is 6.39. The minimum Gasteiger partial charge on any atom is -0.355 e. The Labute approximate surface area is 174 Å². The van der Waals surface area contributed by atoms with Gasteiger partial charge in [0.05, 0.1) is 5.25 Å². The van der Waals surface area contributed by atoms with E-state index in [-0.39, 0.29) is 11.2 Å². The maximum Gasteiger partial charge on any atom is 0.233 e. The van der Waals surface area contributed by atoms with Crippen LogP contribution in [0.2, 0.25) is 0 Å². The molecule has 2 N–H and O–H groups in total. The normalized spacial score (nSPS) is 12.9. The molecule has 0 radical (unpaired) electrons. The molecule has 5 nitrogen and oxygen atoms in total. The first kappa shape index (κ1) is 20.4. The molecule has 0 fully saturated rings. The van der Waals surface area contributed by atoms with Crippen molar-refractivity contribution in [1.82, 2.24) is 15.5 Å². The van der Waals surface area contributed by atoms with Crippen molar-refractivity contribution < 1.29 is 4.79 Å². The summed E-state index contributed by atoms with van der Waals surface area (Å²) in [4.78, 5) is 12.5. The molecule has 28 heavy (non-hydrogen) atoms. The molecular formula is C21H24N4OS2. The first-order chi connectivity index (χ1) is 13.7. The summed E-state index contributed by atoms with van der Waals surface area (Å²) in [5.74, 6) is 0.345. The lowest BCUT2D eigenvalue weighted by molar-refractivity contribution is -0.120. The van der Waals surface area contributed by atoms with Crippen molar-refractivity contribution in [3.05, 3.63) is 66.2 Å². The Morgan fingerprint density at radius 3 is 2.43 bits per heavy atom. The van der Waals surface area contributed by atoms with E-state index in [1.807, 2.05) is 55.5 Å². The van der Waals surface area contributed by atoms with Gasteiger partial charge in [0.25, 0.3) is 0 Å². The Morgan fingerprint density at radius 1 is 1.07 bits per heavy atom. The largest absolute Gasteiger partial charge is 0.355 e. The fourth-order valence-electron chi connectivity index (χ4n) is 2.75. The first-order valence-corrected chi connectivity index (χ1v) is 11.0. The molecular weight excluding hydrogens is 388 g/mol. The van der Waals surface area contributed by atoms with Crippen LogP contribution in [0.5, 0.6) is 0 Å². The molecule has 0 saturated carbocycles. The van der Waals surface area contributed by atoms with E-state index < -0.39 is 0 Å². The molecule has 2 aromatic carbocycles. The van der Waals surface area contributed by atoms with Gasteiger partial charge in [-0.05, 0) is 31.0 Å². The highest BCUT2D eigenvalue weighted by Crippen LogP contribution is 2.30. The Balaban J connectivity index is 1.50. The molecule has 3 rings (SSSR count). The summed E-state index contributed by atoms with van der Waals surface area (Å²) in [6, 6.07) is 20.1. The van der Waals surface area contributed by atoms with E-state index >= 15 is 0 Å². The number of rotatable bonds is 9. The van der Waals surface area contributed by atoms with Gasteiger partial charge in [0.15, 0.2) is 4.34 Å². The second kappa shape index (κ2) is 10.2. The molecule has 0 unspecified atom stereocenters. The standard InChI is InChI=1S/C21H24N4OS2/c1-3-16(17-10-6-4-7-11-17)14-22-19(26)15(2)27-21-25-24-20(28-21)23-18-12-8-5-9-13-18/h4-13,15-16H,3,14H2,1-2H3,(H,22,26)(H,23,24)/t15-,16+/m1/s1. The first-order valence-electron chi connectivity index (χ1n) is 9.30. The predicted octanol–water partition coefficient (Wildman–Crippen LogP) is 5.07. The lowest BCUT2D eigenvalue weighted by Gasteiger charge is -2.17. The number of para-hydroxylation sites is 1. The summed E-state index contributed by atoms with van der Waals surface area (Å²) >= 11 is 2.88. The van der Waals surface area contributed by atoms with E-state index in [0.29, 0.717) is 12.5 Å². The topological polar surface area (TPSA) is 66.9 Å². The number of carbonyl (C=O) groups is 1. The highest BCUT2D eigenvalue weighted by molar-refractivity contribution is 8.02. The van der Waals surface area contributed by atoms with Crippen molar-refractivity contribution >= 4 is 39.8 Å². The summed E-state index contributed by atoms with van der Waals surface area (Å²) in [5, 5.41) is 15.1. The van der Waals surface area contributed by atoms with Crippen LogP contribution in [0.3, 0.4) is 0 Å². The van der Waals surface area contributed by atoms with E-state index in [2.05, 4.69) is 39.9 Å². The van der Waals surface area contributed by atoms with Gasteiger partial charge >= 0.3 is 0 Å². The number of benzene rings is 2. The smallest absolute Gasteiger partial charge is 0.233 e. The quantitative estimate of drug-likeness (QED) is 0.480. The lowest BCUT2D eigenvalue weighted by atomic mass is 9.96. The Hall–Kier alpha value is -2.38. The second-order valence-corrected chi connectivity index (χ2v) is 8.95. The van der Waals surface area contributed by atoms with Gasteiger partial charge in [0.2, 0.25) is 11.0 Å². The van der Waals surface area contributed by atoms with Crippen molar-refractivity contribution in [2.24, 2.45) is 0 Å². The number of hydrogen-bond acceptors (Lipinski definition) is 6. The van der Waals surface area contributed by atoms with Gasteiger partial charge in [-0.15, -0.1) is 10.2 Å². The fourth-order valence-corrected chi connectivity index (χ4v) is 4.69. The molecule has 0 saturated heterocycles. The van der Waals surface area contributed by atoms with Crippen LogP contribution in [0, 0.1) is 0 Å². The van der Waals surface area contributed by atoms with Gasteiger partial charge in [0, 0.05) is 18.2 Å². The number of thioether (sulfide) groups is 1. The van der Waals surface area contributed by atoms with Gasteiger partial charge in [-0.1, -0.05) is 78.6 Å². The summed E-state index contributed by atoms with van der Waals surface area (Å²) in [5.41, 5.74) is 2.22. The van der Waals surface area contributed by atoms with Crippen molar-refractivity contribution in [1.29, 1.82) is 0 Å². The molecule has 0 aliphatic carbocycles. The molecule has 0 aliphatic rings. The number of aromatic nitrogens is 2. The monoisotopic (exact) mass is 412 g/mol. The number of nitrogens with one attached hydrogen (secondary N) is 2. The third-order valence-corrected chi connectivity index (χ3v) is 6.39. The van der Waals surface area contributed by atoms with Crippen LogP contribution in [-0.4, -0.2) is 27.9 Å². The van der Waals surface area contributed by atoms with Gasteiger partial charge in [-0.3, -0.25) is 4.79 Å². The highest BCUT2D eigenvalue weighted by atomic mass is 32.2. The minimum atomic E-state index is -0.231. The zero-order valence-corrected chi connectivity index (χ0v) is 17.6. The van der Waals surface area contributed by atoms with Crippen molar-refractivity contribution in [2.75, 3.05) is 11.9 Å². The van der Waals surface area contributed by atoms with Gasteiger partial charge in [0.1, 0.15) is 0 Å². The van der Waals surface area contributed by atoms with E-state index in [0.717, 1.165) is 21.6 Å². The van der Waals surface area contributed by atoms with Crippen LogP contribution in [0.1, 0.15) is 31.7 Å². The van der Waals surface area contributed by atoms with E-state index in [4.69, 9.17) is 0 Å². The molecule has 0 aliphatic heterocycles. The zero-order valence-electron chi connectivity index (χ0n) is 16.0. The summed E-state index contributed by atoms with van der Waals surface area (Å²) in [6.45, 7) is 4.68. The van der Waals surface area contributed by atoms with E-state index in [1.165, 1.54) is 28.7 Å². The Bertz CT molecular complexity index is 870. The van der Waals surface area contributed by atoms with Crippen molar-refractivity contribution in [3.63, 3.8) is 0 Å². The molecule has 1 amide bonds. The van der Waals surface area contributed by atoms with E-state index in [9.17, 15) is 4.79 Å². The number of carbonyl (C=O) groups excluding carboxylic acids is 1. The van der Waals surface area contributed by atoms with Crippen LogP contribution in [0.25, 0.3) is 0 Å². The Kier molecular flexibility index (Phi) is 7.45. The lowest BCUT2D eigenvalue weighted by Crippen LogP contribution is -2.34. The molecule has 3 aromatic rings. The van der Waals surface area contributed by atoms with Crippen molar-refractivity contribution in [2.45, 2.75) is 35.8 Å². The molecule has 0 bridgehead atoms. The van der Waals surface area contributed by atoms with Crippen LogP contribution < -0.4 is 10.6 Å². The molecule has 1 aromatic heterocycles. The number of nitrogens with zero attached hydrogens (tertiary/aromatic N) is 2. The molecule has 146 valence electrons. The van der Waals surface area contributed by atoms with Gasteiger partial charge in [-0.2, -0.15) is 0 Å². The van der Waals surface area contributed by atoms with Gasteiger partial charge < -0.3 is 10.6 Å².